The summed E-state index contributed by atoms with van der Waals surface area (Å²) in [6.07, 6.45) is 9.61. The lowest BCUT2D eigenvalue weighted by molar-refractivity contribution is -0.00985. The van der Waals surface area contributed by atoms with Crippen LogP contribution in [0.4, 0.5) is 0 Å². The van der Waals surface area contributed by atoms with E-state index in [1.165, 1.54) is 44.9 Å². The highest BCUT2D eigenvalue weighted by atomic mass is 127. The van der Waals surface area contributed by atoms with Crippen molar-refractivity contribution in [3.05, 3.63) is 0 Å². The summed E-state index contributed by atoms with van der Waals surface area (Å²) >= 11 is 14.1. The van der Waals surface area contributed by atoms with Crippen LogP contribution in [0, 0.1) is 0 Å². The van der Waals surface area contributed by atoms with Crippen LogP contribution in [0.5, 0.6) is 0 Å². The van der Waals surface area contributed by atoms with Gasteiger partial charge in [-0.25, -0.2) is 0 Å². The predicted octanol–water partition coefficient (Wildman–Crippen LogP) is 4.77. The Hall–Kier alpha value is 1.27. The Morgan fingerprint density at radius 3 is 2.06 bits per heavy atom. The number of halogens is 3. The molecule has 0 aromatic rings. The van der Waals surface area contributed by atoms with E-state index in [0.717, 1.165) is 0 Å². The fraction of sp³-hybridized carbons (Fsp3) is 1.00. The molecular formula is C12H21Cl2IO. The second kappa shape index (κ2) is 9.23. The van der Waals surface area contributed by atoms with Crippen LogP contribution >= 0.6 is 45.8 Å². The van der Waals surface area contributed by atoms with Crippen molar-refractivity contribution in [2.75, 3.05) is 11.8 Å². The molecule has 16 heavy (non-hydrogen) atoms. The van der Waals surface area contributed by atoms with Gasteiger partial charge in [0.1, 0.15) is 0 Å². The molecule has 4 heteroatoms. The molecule has 0 heterocycles. The molecule has 1 aliphatic carbocycles. The van der Waals surface area contributed by atoms with Gasteiger partial charge in [0.2, 0.25) is 0 Å². The van der Waals surface area contributed by atoms with E-state index < -0.39 is 0 Å². The lowest BCUT2D eigenvalue weighted by atomic mass is 9.98. The van der Waals surface area contributed by atoms with Gasteiger partial charge in [0.15, 0.2) is 0 Å². The smallest absolute Gasteiger partial charge is 0.0843 e. The maximum Gasteiger partial charge on any atom is 0.0843 e. The molecular weight excluding hydrogens is 358 g/mol. The van der Waals surface area contributed by atoms with E-state index in [2.05, 4.69) is 22.6 Å². The molecule has 1 fully saturated rings. The van der Waals surface area contributed by atoms with Crippen LogP contribution in [0.3, 0.4) is 0 Å². The van der Waals surface area contributed by atoms with Crippen molar-refractivity contribution in [3.8, 4) is 0 Å². The van der Waals surface area contributed by atoms with Crippen LogP contribution in [0.15, 0.2) is 0 Å². The summed E-state index contributed by atoms with van der Waals surface area (Å²) in [7, 11) is 0. The molecule has 0 N–H and O–H groups in total. The first kappa shape index (κ1) is 15.3. The Kier molecular flexibility index (Phi) is 8.85. The van der Waals surface area contributed by atoms with Crippen molar-refractivity contribution in [1.29, 1.82) is 0 Å². The molecule has 0 saturated heterocycles. The van der Waals surface area contributed by atoms with Gasteiger partial charge < -0.3 is 4.74 Å². The first-order valence-corrected chi connectivity index (χ1v) is 8.51. The SMILES string of the molecule is ClCC(I)C(CCl)OC1CCCCCCC1. The van der Waals surface area contributed by atoms with Crippen LogP contribution in [-0.2, 0) is 4.74 Å². The standard InChI is InChI=1S/C12H21Cl2IO/c13-8-11(15)12(9-14)16-10-6-4-2-1-3-5-7-10/h10-12H,1-9H2. The van der Waals surface area contributed by atoms with E-state index >= 15 is 0 Å². The van der Waals surface area contributed by atoms with Crippen molar-refractivity contribution in [2.24, 2.45) is 0 Å². The molecule has 0 aromatic carbocycles. The third-order valence-electron chi connectivity index (χ3n) is 3.12. The minimum atomic E-state index is 0.115. The first-order valence-electron chi connectivity index (χ1n) is 6.19. The van der Waals surface area contributed by atoms with E-state index in [-0.39, 0.29) is 6.10 Å². The zero-order chi connectivity index (χ0) is 11.8. The maximum atomic E-state index is 6.10. The molecule has 1 nitrogen and oxygen atoms in total. The molecule has 1 rings (SSSR count). The van der Waals surface area contributed by atoms with Crippen molar-refractivity contribution in [1.82, 2.24) is 0 Å². The van der Waals surface area contributed by atoms with Crippen LogP contribution in [0.2, 0.25) is 0 Å². The summed E-state index contributed by atoms with van der Waals surface area (Å²) in [5.74, 6) is 1.17. The Morgan fingerprint density at radius 1 is 1.00 bits per heavy atom. The fourth-order valence-corrected chi connectivity index (χ4v) is 3.33. The van der Waals surface area contributed by atoms with Crippen LogP contribution in [0.25, 0.3) is 0 Å². The molecule has 0 amide bonds. The summed E-state index contributed by atoms with van der Waals surface area (Å²) in [5.41, 5.74) is 0. The van der Waals surface area contributed by atoms with E-state index in [1.807, 2.05) is 0 Å². The summed E-state index contributed by atoms with van der Waals surface area (Å²) in [5, 5.41) is 0. The van der Waals surface area contributed by atoms with Gasteiger partial charge in [0, 0.05) is 11.8 Å². The average molecular weight is 379 g/mol. The van der Waals surface area contributed by atoms with Gasteiger partial charge in [0.25, 0.3) is 0 Å². The molecule has 0 radical (unpaired) electrons. The molecule has 0 spiro atoms. The number of hydrogen-bond acceptors (Lipinski definition) is 1. The van der Waals surface area contributed by atoms with E-state index in [1.54, 1.807) is 0 Å². The van der Waals surface area contributed by atoms with Crippen LogP contribution < -0.4 is 0 Å². The van der Waals surface area contributed by atoms with Gasteiger partial charge >= 0.3 is 0 Å². The van der Waals surface area contributed by atoms with Gasteiger partial charge in [-0.1, -0.05) is 54.7 Å². The predicted molar refractivity (Wildman–Crippen MR) is 80.2 cm³/mol. The number of hydrogen-bond donors (Lipinski definition) is 0. The molecule has 0 aromatic heterocycles. The van der Waals surface area contributed by atoms with Crippen molar-refractivity contribution in [3.63, 3.8) is 0 Å². The largest absolute Gasteiger partial charge is 0.373 e. The first-order chi connectivity index (χ1) is 7.77. The van der Waals surface area contributed by atoms with Crippen molar-refractivity contribution < 1.29 is 4.74 Å². The van der Waals surface area contributed by atoms with Gasteiger partial charge in [0.05, 0.1) is 16.1 Å². The number of alkyl halides is 3. The minimum Gasteiger partial charge on any atom is -0.373 e. The number of ether oxygens (including phenoxy) is 1. The van der Waals surface area contributed by atoms with Crippen LogP contribution in [-0.4, -0.2) is 27.9 Å². The molecule has 0 bridgehead atoms. The average Bonchev–Trinajstić information content (AvgIpc) is 2.27. The van der Waals surface area contributed by atoms with Gasteiger partial charge in [-0.3, -0.25) is 0 Å². The molecule has 1 saturated carbocycles. The third-order valence-corrected chi connectivity index (χ3v) is 5.52. The summed E-state index contributed by atoms with van der Waals surface area (Å²) < 4.78 is 6.43. The molecule has 2 atom stereocenters. The molecule has 1 aliphatic rings. The second-order valence-corrected chi connectivity index (χ2v) is 6.68. The summed E-state index contributed by atoms with van der Waals surface area (Å²) in [4.78, 5) is 0. The van der Waals surface area contributed by atoms with E-state index in [9.17, 15) is 0 Å². The Morgan fingerprint density at radius 2 is 1.56 bits per heavy atom. The molecule has 2 unspecified atom stereocenters. The highest BCUT2D eigenvalue weighted by molar-refractivity contribution is 14.1. The van der Waals surface area contributed by atoms with Gasteiger partial charge in [-0.05, 0) is 12.8 Å². The Bertz CT molecular complexity index is 172. The van der Waals surface area contributed by atoms with Crippen molar-refractivity contribution in [2.45, 2.75) is 61.1 Å². The molecule has 96 valence electrons. The quantitative estimate of drug-likeness (QED) is 0.494. The highest BCUT2D eigenvalue weighted by Gasteiger charge is 2.22. The molecule has 0 aliphatic heterocycles. The zero-order valence-electron chi connectivity index (χ0n) is 9.64. The van der Waals surface area contributed by atoms with Crippen LogP contribution in [0.1, 0.15) is 44.9 Å². The number of rotatable bonds is 5. The lowest BCUT2D eigenvalue weighted by Gasteiger charge is -2.27. The fourth-order valence-electron chi connectivity index (χ4n) is 2.12. The Balaban J connectivity index is 2.36. The normalized spacial score (nSPS) is 23.4. The third kappa shape index (κ3) is 5.74. The van der Waals surface area contributed by atoms with E-state index in [4.69, 9.17) is 27.9 Å². The summed E-state index contributed by atoms with van der Waals surface area (Å²) in [6.45, 7) is 0. The highest BCUT2D eigenvalue weighted by Crippen LogP contribution is 2.23. The van der Waals surface area contributed by atoms with Gasteiger partial charge in [-0.2, -0.15) is 0 Å². The maximum absolute atomic E-state index is 6.10. The lowest BCUT2D eigenvalue weighted by Crippen LogP contribution is -2.32. The summed E-state index contributed by atoms with van der Waals surface area (Å²) in [6, 6.07) is 0. The minimum absolute atomic E-state index is 0.115. The second-order valence-electron chi connectivity index (χ2n) is 4.47. The Labute approximate surface area is 123 Å². The zero-order valence-corrected chi connectivity index (χ0v) is 13.3. The monoisotopic (exact) mass is 378 g/mol. The van der Waals surface area contributed by atoms with E-state index in [0.29, 0.717) is 21.8 Å². The van der Waals surface area contributed by atoms with Gasteiger partial charge in [-0.15, -0.1) is 23.2 Å². The van der Waals surface area contributed by atoms with Crippen molar-refractivity contribution >= 4 is 45.8 Å². The topological polar surface area (TPSA) is 9.23 Å².